The Morgan fingerprint density at radius 2 is 1.88 bits per heavy atom. The van der Waals surface area contributed by atoms with E-state index in [1.165, 1.54) is 31.9 Å². The molecule has 2 atom stereocenters. The highest BCUT2D eigenvalue weighted by Gasteiger charge is 2.36. The lowest BCUT2D eigenvalue weighted by Gasteiger charge is -2.24. The maximum atomic E-state index is 13.8. The molecule has 0 radical (unpaired) electrons. The van der Waals surface area contributed by atoms with Gasteiger partial charge in [-0.2, -0.15) is 0 Å². The quantitative estimate of drug-likeness (QED) is 0.227. The van der Waals surface area contributed by atoms with Crippen molar-refractivity contribution >= 4 is 28.5 Å². The average molecular weight is 586 g/mol. The Labute approximate surface area is 239 Å². The number of para-hydroxylation sites is 1. The van der Waals surface area contributed by atoms with Crippen LogP contribution in [0.3, 0.4) is 0 Å². The molecule has 0 spiro atoms. The first-order valence-corrected chi connectivity index (χ1v) is 14.1. The summed E-state index contributed by atoms with van der Waals surface area (Å²) in [5, 5.41) is 16.6. The number of anilines is 1. The smallest absolute Gasteiger partial charge is 0.243 e. The third-order valence-corrected chi connectivity index (χ3v) is 7.52. The summed E-state index contributed by atoms with van der Waals surface area (Å²) < 4.78 is 48.6. The van der Waals surface area contributed by atoms with Crippen molar-refractivity contribution in [2.45, 2.75) is 39.0 Å². The first-order chi connectivity index (χ1) is 19.6. The molecule has 220 valence electrons. The molecule has 0 aliphatic carbocycles. The lowest BCUT2D eigenvalue weighted by atomic mass is 10.2. The minimum Gasteiger partial charge on any atom is -0.494 e. The molecule has 41 heavy (non-hydrogen) atoms. The number of sulfonamides is 1. The molecule has 1 aromatic carbocycles. The van der Waals surface area contributed by atoms with Gasteiger partial charge in [-0.25, -0.2) is 18.4 Å². The number of amidine groups is 1. The number of pyridine rings is 1. The van der Waals surface area contributed by atoms with Gasteiger partial charge in [0.15, 0.2) is 11.7 Å². The summed E-state index contributed by atoms with van der Waals surface area (Å²) in [5.74, 6) is 0.968. The summed E-state index contributed by atoms with van der Waals surface area (Å²) in [6.07, 6.45) is 3.65. The van der Waals surface area contributed by atoms with Crippen LogP contribution in [0, 0.1) is 6.92 Å². The zero-order valence-corrected chi connectivity index (χ0v) is 24.7. The average Bonchev–Trinajstić information content (AvgIpc) is 3.35. The van der Waals surface area contributed by atoms with E-state index in [1.807, 2.05) is 26.8 Å². The summed E-state index contributed by atoms with van der Waals surface area (Å²) in [7, 11) is -1.28. The third kappa shape index (κ3) is 7.34. The second-order valence-electron chi connectivity index (χ2n) is 9.16. The van der Waals surface area contributed by atoms with Gasteiger partial charge in [-0.3, -0.25) is 14.3 Å². The first-order valence-electron chi connectivity index (χ1n) is 12.6. The molecule has 0 fully saturated rings. The molecule has 0 aliphatic rings. The zero-order chi connectivity index (χ0) is 30.2. The van der Waals surface area contributed by atoms with Gasteiger partial charge in [-0.15, -0.1) is 10.2 Å². The van der Waals surface area contributed by atoms with E-state index in [1.54, 1.807) is 30.6 Å². The summed E-state index contributed by atoms with van der Waals surface area (Å²) in [6, 6.07) is 7.00. The SMILES string of the molecule is C=NC(=NC=C(C)C)[C@@H](OCCO)[C@H](C)S(=O)(=O)Nc1nnc(-c2cncc(C)c2)n1-c1c(OC)cccc1OC. The Kier molecular flexibility index (Phi) is 10.7. The Balaban J connectivity index is 2.19. The number of aliphatic hydroxyl groups excluding tert-OH is 1. The molecule has 2 N–H and O–H groups in total. The number of benzene rings is 1. The Morgan fingerprint density at radius 1 is 1.20 bits per heavy atom. The number of methoxy groups -OCH3 is 2. The van der Waals surface area contributed by atoms with Gasteiger partial charge in [0.2, 0.25) is 16.0 Å². The maximum Gasteiger partial charge on any atom is 0.243 e. The largest absolute Gasteiger partial charge is 0.494 e. The molecular weight excluding hydrogens is 550 g/mol. The van der Waals surface area contributed by atoms with Gasteiger partial charge in [-0.1, -0.05) is 11.6 Å². The molecule has 2 heterocycles. The van der Waals surface area contributed by atoms with Crippen LogP contribution in [0.1, 0.15) is 26.3 Å². The molecule has 3 rings (SSSR count). The topological polar surface area (TPSA) is 162 Å². The standard InChI is InChI=1S/C27H35N7O6S/c1-17(2)14-30-25(28-5)24(40-12-11-35)19(4)41(36,37)33-27-32-31-26(20-13-18(3)15-29-16-20)34(27)23-21(38-6)9-8-10-22(23)39-7/h8-10,13-16,19,24,35H,5,11-12H2,1-4,6-7H3,(H,32,33)/t19-,24-/m0/s1. The van der Waals surface area contributed by atoms with Gasteiger partial charge in [0.05, 0.1) is 27.4 Å². The number of aryl methyl sites for hydroxylation is 1. The summed E-state index contributed by atoms with van der Waals surface area (Å²) in [4.78, 5) is 12.4. The first kappa shape index (κ1) is 31.4. The van der Waals surface area contributed by atoms with Gasteiger partial charge in [0.1, 0.15) is 28.5 Å². The van der Waals surface area contributed by atoms with E-state index < -0.39 is 21.4 Å². The van der Waals surface area contributed by atoms with Crippen LogP contribution in [0.5, 0.6) is 11.5 Å². The lowest BCUT2D eigenvalue weighted by Crippen LogP contribution is -2.42. The second-order valence-corrected chi connectivity index (χ2v) is 11.2. The molecule has 2 aromatic heterocycles. The van der Waals surface area contributed by atoms with Crippen LogP contribution in [0.2, 0.25) is 0 Å². The Morgan fingerprint density at radius 3 is 2.44 bits per heavy atom. The van der Waals surface area contributed by atoms with E-state index in [4.69, 9.17) is 14.2 Å². The predicted octanol–water partition coefficient (Wildman–Crippen LogP) is 3.19. The van der Waals surface area contributed by atoms with Gasteiger partial charge in [0, 0.05) is 24.2 Å². The van der Waals surface area contributed by atoms with Crippen molar-refractivity contribution in [1.82, 2.24) is 19.7 Å². The normalized spacial score (nSPS) is 13.3. The van der Waals surface area contributed by atoms with Crippen LogP contribution in [-0.4, -0.2) is 84.6 Å². The van der Waals surface area contributed by atoms with Crippen molar-refractivity contribution in [3.8, 4) is 28.6 Å². The summed E-state index contributed by atoms with van der Waals surface area (Å²) >= 11 is 0. The Bertz CT molecular complexity index is 1510. The molecule has 0 aliphatic heterocycles. The number of nitrogens with one attached hydrogen (secondary N) is 1. The molecule has 13 nitrogen and oxygen atoms in total. The van der Waals surface area contributed by atoms with E-state index >= 15 is 0 Å². The fraction of sp³-hybridized carbons (Fsp3) is 0.370. The van der Waals surface area contributed by atoms with Crippen molar-refractivity contribution in [3.05, 3.63) is 54.0 Å². The van der Waals surface area contributed by atoms with Crippen molar-refractivity contribution < 1.29 is 27.7 Å². The molecular formula is C27H35N7O6S. The van der Waals surface area contributed by atoms with Crippen molar-refractivity contribution in [3.63, 3.8) is 0 Å². The maximum absolute atomic E-state index is 13.8. The van der Waals surface area contributed by atoms with Crippen LogP contribution >= 0.6 is 0 Å². The highest BCUT2D eigenvalue weighted by molar-refractivity contribution is 7.93. The van der Waals surface area contributed by atoms with Gasteiger partial charge in [-0.05, 0) is 58.2 Å². The molecule has 3 aromatic rings. The van der Waals surface area contributed by atoms with Crippen LogP contribution in [0.25, 0.3) is 17.1 Å². The summed E-state index contributed by atoms with van der Waals surface area (Å²) in [6.45, 7) is 10.0. The predicted molar refractivity (Wildman–Crippen MR) is 158 cm³/mol. The van der Waals surface area contributed by atoms with Gasteiger partial charge in [0.25, 0.3) is 0 Å². The number of aromatic nitrogens is 4. The number of ether oxygens (including phenoxy) is 3. The van der Waals surface area contributed by atoms with Crippen molar-refractivity contribution in [2.75, 3.05) is 32.2 Å². The number of hydrogen-bond acceptors (Lipinski definition) is 10. The summed E-state index contributed by atoms with van der Waals surface area (Å²) in [5.41, 5.74) is 2.68. The van der Waals surface area contributed by atoms with Crippen molar-refractivity contribution in [2.24, 2.45) is 9.98 Å². The molecule has 0 saturated carbocycles. The lowest BCUT2D eigenvalue weighted by molar-refractivity contribution is 0.0638. The Hall–Kier alpha value is -4.14. The molecule has 0 bridgehead atoms. The highest BCUT2D eigenvalue weighted by Crippen LogP contribution is 2.38. The van der Waals surface area contributed by atoms with E-state index in [-0.39, 0.29) is 25.0 Å². The van der Waals surface area contributed by atoms with E-state index in [0.717, 1.165) is 11.1 Å². The number of allylic oxidation sites excluding steroid dienone is 1. The molecule has 0 amide bonds. The number of rotatable bonds is 13. The van der Waals surface area contributed by atoms with Crippen LogP contribution < -0.4 is 14.2 Å². The van der Waals surface area contributed by atoms with E-state index in [0.29, 0.717) is 28.6 Å². The van der Waals surface area contributed by atoms with E-state index in [2.05, 4.69) is 36.6 Å². The fourth-order valence-electron chi connectivity index (χ4n) is 3.86. The van der Waals surface area contributed by atoms with Crippen LogP contribution in [-0.2, 0) is 14.8 Å². The minimum absolute atomic E-state index is 0.0388. The fourth-order valence-corrected chi connectivity index (χ4v) is 4.96. The monoisotopic (exact) mass is 585 g/mol. The number of aliphatic imine (C=N–C) groups is 2. The molecule has 0 unspecified atom stereocenters. The second kappa shape index (κ2) is 14.0. The molecule has 14 heteroatoms. The highest BCUT2D eigenvalue weighted by atomic mass is 32.2. The number of aliphatic hydroxyl groups is 1. The van der Waals surface area contributed by atoms with Gasteiger partial charge >= 0.3 is 0 Å². The van der Waals surface area contributed by atoms with Crippen LogP contribution in [0.15, 0.2) is 58.4 Å². The van der Waals surface area contributed by atoms with E-state index in [9.17, 15) is 13.5 Å². The van der Waals surface area contributed by atoms with Crippen LogP contribution in [0.4, 0.5) is 5.95 Å². The number of nitrogens with zero attached hydrogens (tertiary/aromatic N) is 6. The van der Waals surface area contributed by atoms with Gasteiger partial charge < -0.3 is 19.3 Å². The van der Waals surface area contributed by atoms with Crippen molar-refractivity contribution in [1.29, 1.82) is 0 Å². The molecule has 0 saturated heterocycles. The third-order valence-electron chi connectivity index (χ3n) is 5.83. The number of hydrogen-bond donors (Lipinski definition) is 2. The zero-order valence-electron chi connectivity index (χ0n) is 23.9. The minimum atomic E-state index is -4.25.